The topological polar surface area (TPSA) is 72.7 Å². The first-order chi connectivity index (χ1) is 15.7. The van der Waals surface area contributed by atoms with E-state index in [1.807, 2.05) is 90.5 Å². The van der Waals surface area contributed by atoms with Gasteiger partial charge in [0.15, 0.2) is 5.65 Å². The van der Waals surface area contributed by atoms with Crippen LogP contribution in [0.15, 0.2) is 91.3 Å². The Kier molecular flexibility index (Phi) is 5.17. The summed E-state index contributed by atoms with van der Waals surface area (Å²) < 4.78 is 1.83. The molecule has 0 bridgehead atoms. The normalized spacial score (nSPS) is 10.9. The first-order valence-electron chi connectivity index (χ1n) is 10.4. The molecule has 0 unspecified atom stereocenters. The Bertz CT molecular complexity index is 1390. The van der Waals surface area contributed by atoms with E-state index < -0.39 is 0 Å². The van der Waals surface area contributed by atoms with Crippen LogP contribution in [0.5, 0.6) is 0 Å². The Morgan fingerprint density at radius 1 is 0.969 bits per heavy atom. The van der Waals surface area contributed by atoms with Gasteiger partial charge in [0.1, 0.15) is 5.82 Å². The van der Waals surface area contributed by atoms with Crippen LogP contribution in [0.3, 0.4) is 0 Å². The van der Waals surface area contributed by atoms with Gasteiger partial charge in [-0.25, -0.2) is 14.6 Å². The molecule has 0 aliphatic heterocycles. The number of rotatable bonds is 5. The zero-order valence-corrected chi connectivity index (χ0v) is 17.6. The molecule has 5 rings (SSSR count). The highest BCUT2D eigenvalue weighted by molar-refractivity contribution is 6.12. The van der Waals surface area contributed by atoms with Crippen LogP contribution in [0, 0.1) is 6.92 Å². The zero-order chi connectivity index (χ0) is 21.9. The summed E-state index contributed by atoms with van der Waals surface area (Å²) in [6.07, 6.45) is 3.37. The highest BCUT2D eigenvalue weighted by Crippen LogP contribution is 2.26. The van der Waals surface area contributed by atoms with Crippen LogP contribution in [0.2, 0.25) is 0 Å². The first-order valence-corrected chi connectivity index (χ1v) is 10.4. The minimum atomic E-state index is -0.240. The van der Waals surface area contributed by atoms with Crippen molar-refractivity contribution in [2.24, 2.45) is 0 Å². The van der Waals surface area contributed by atoms with Gasteiger partial charge in [0.2, 0.25) is 0 Å². The van der Waals surface area contributed by atoms with Crippen molar-refractivity contribution in [3.05, 3.63) is 108 Å². The molecule has 0 saturated carbocycles. The SMILES string of the molecule is Cc1cccnc1NC(=O)c1cc(-c2ccccc2)nc2c1cnn2Cc1ccccc1. The highest BCUT2D eigenvalue weighted by atomic mass is 16.1. The number of hydrogen-bond acceptors (Lipinski definition) is 4. The predicted octanol–water partition coefficient (Wildman–Crippen LogP) is 5.10. The second-order valence-electron chi connectivity index (χ2n) is 7.57. The van der Waals surface area contributed by atoms with Crippen LogP contribution in [-0.2, 0) is 6.54 Å². The summed E-state index contributed by atoms with van der Waals surface area (Å²) in [6.45, 7) is 2.48. The first kappa shape index (κ1) is 19.6. The van der Waals surface area contributed by atoms with E-state index in [1.54, 1.807) is 12.4 Å². The van der Waals surface area contributed by atoms with E-state index in [4.69, 9.17) is 4.98 Å². The molecule has 0 saturated heterocycles. The summed E-state index contributed by atoms with van der Waals surface area (Å²) in [4.78, 5) is 22.5. The molecule has 1 N–H and O–H groups in total. The second kappa shape index (κ2) is 8.43. The quantitative estimate of drug-likeness (QED) is 0.430. The van der Waals surface area contributed by atoms with Crippen molar-refractivity contribution in [1.29, 1.82) is 0 Å². The van der Waals surface area contributed by atoms with E-state index in [0.717, 1.165) is 22.4 Å². The van der Waals surface area contributed by atoms with Gasteiger partial charge < -0.3 is 5.32 Å². The molecule has 6 heteroatoms. The van der Waals surface area contributed by atoms with Crippen molar-refractivity contribution >= 4 is 22.8 Å². The molecule has 0 aliphatic carbocycles. The lowest BCUT2D eigenvalue weighted by molar-refractivity contribution is 0.102. The van der Waals surface area contributed by atoms with Crippen molar-refractivity contribution in [3.8, 4) is 11.3 Å². The number of aromatic nitrogens is 4. The number of carbonyl (C=O) groups excluding carboxylic acids is 1. The summed E-state index contributed by atoms with van der Waals surface area (Å²) in [5, 5.41) is 8.19. The number of nitrogens with zero attached hydrogens (tertiary/aromatic N) is 4. The van der Waals surface area contributed by atoms with E-state index in [-0.39, 0.29) is 5.91 Å². The predicted molar refractivity (Wildman–Crippen MR) is 125 cm³/mol. The van der Waals surface area contributed by atoms with Gasteiger partial charge in [-0.3, -0.25) is 4.79 Å². The van der Waals surface area contributed by atoms with Crippen LogP contribution in [0.1, 0.15) is 21.5 Å². The molecule has 156 valence electrons. The van der Waals surface area contributed by atoms with Gasteiger partial charge in [0.25, 0.3) is 5.91 Å². The summed E-state index contributed by atoms with van der Waals surface area (Å²) in [6, 6.07) is 25.5. The van der Waals surface area contributed by atoms with Crippen molar-refractivity contribution in [2.75, 3.05) is 5.32 Å². The van der Waals surface area contributed by atoms with Crippen LogP contribution in [0.4, 0.5) is 5.82 Å². The maximum absolute atomic E-state index is 13.3. The largest absolute Gasteiger partial charge is 0.306 e. The van der Waals surface area contributed by atoms with Crippen LogP contribution >= 0.6 is 0 Å². The zero-order valence-electron chi connectivity index (χ0n) is 17.6. The van der Waals surface area contributed by atoms with Gasteiger partial charge in [0.05, 0.1) is 29.4 Å². The number of benzene rings is 2. The summed E-state index contributed by atoms with van der Waals surface area (Å²) >= 11 is 0. The third-order valence-electron chi connectivity index (χ3n) is 5.34. The molecule has 0 fully saturated rings. The number of carbonyl (C=O) groups is 1. The fourth-order valence-electron chi connectivity index (χ4n) is 3.66. The maximum Gasteiger partial charge on any atom is 0.257 e. The Morgan fingerprint density at radius 2 is 1.72 bits per heavy atom. The molecule has 3 heterocycles. The van der Waals surface area contributed by atoms with Crippen molar-refractivity contribution < 1.29 is 4.79 Å². The number of fused-ring (bicyclic) bond motifs is 1. The Hall–Kier alpha value is -4.32. The molecule has 6 nitrogen and oxygen atoms in total. The molecule has 32 heavy (non-hydrogen) atoms. The molecular formula is C26H21N5O. The molecule has 3 aromatic heterocycles. The third kappa shape index (κ3) is 3.86. The van der Waals surface area contributed by atoms with Crippen molar-refractivity contribution in [3.63, 3.8) is 0 Å². The third-order valence-corrected chi connectivity index (χ3v) is 5.34. The van der Waals surface area contributed by atoms with Gasteiger partial charge in [0, 0.05) is 11.8 Å². The summed E-state index contributed by atoms with van der Waals surface area (Å²) in [7, 11) is 0. The Labute approximate surface area is 185 Å². The molecule has 0 aliphatic rings. The molecule has 0 atom stereocenters. The second-order valence-corrected chi connectivity index (χ2v) is 7.57. The van der Waals surface area contributed by atoms with E-state index in [1.165, 1.54) is 0 Å². The maximum atomic E-state index is 13.3. The van der Waals surface area contributed by atoms with Crippen molar-refractivity contribution in [2.45, 2.75) is 13.5 Å². The Balaban J connectivity index is 1.62. The number of nitrogens with one attached hydrogen (secondary N) is 1. The smallest absolute Gasteiger partial charge is 0.257 e. The molecule has 2 aromatic carbocycles. The highest BCUT2D eigenvalue weighted by Gasteiger charge is 2.18. The van der Waals surface area contributed by atoms with E-state index in [2.05, 4.69) is 15.4 Å². The lowest BCUT2D eigenvalue weighted by Crippen LogP contribution is -2.15. The standard InChI is InChI=1S/C26H21N5O/c1-18-9-8-14-27-24(18)30-26(32)21-15-23(20-12-6-3-7-13-20)29-25-22(21)16-28-31(25)17-19-10-4-2-5-11-19/h2-16H,17H2,1H3,(H,27,30,32). The number of anilines is 1. The van der Waals surface area contributed by atoms with Crippen LogP contribution < -0.4 is 5.32 Å². The monoisotopic (exact) mass is 419 g/mol. The summed E-state index contributed by atoms with van der Waals surface area (Å²) in [5.41, 5.74) is 4.84. The Morgan fingerprint density at radius 3 is 2.47 bits per heavy atom. The van der Waals surface area contributed by atoms with E-state index in [0.29, 0.717) is 29.0 Å². The van der Waals surface area contributed by atoms with Gasteiger partial charge in [-0.2, -0.15) is 5.10 Å². The molecular weight excluding hydrogens is 398 g/mol. The van der Waals surface area contributed by atoms with Crippen molar-refractivity contribution in [1.82, 2.24) is 19.7 Å². The molecule has 1 amide bonds. The minimum Gasteiger partial charge on any atom is -0.306 e. The van der Waals surface area contributed by atoms with Gasteiger partial charge in [-0.15, -0.1) is 0 Å². The average molecular weight is 419 g/mol. The lowest BCUT2D eigenvalue weighted by Gasteiger charge is -2.10. The molecule has 5 aromatic rings. The average Bonchev–Trinajstić information content (AvgIpc) is 3.23. The fourth-order valence-corrected chi connectivity index (χ4v) is 3.66. The van der Waals surface area contributed by atoms with Crippen LogP contribution in [-0.4, -0.2) is 25.7 Å². The number of pyridine rings is 2. The van der Waals surface area contributed by atoms with E-state index >= 15 is 0 Å². The number of aryl methyl sites for hydroxylation is 1. The molecule has 0 spiro atoms. The number of amides is 1. The molecule has 0 radical (unpaired) electrons. The fraction of sp³-hybridized carbons (Fsp3) is 0.0769. The van der Waals surface area contributed by atoms with Gasteiger partial charge >= 0.3 is 0 Å². The van der Waals surface area contributed by atoms with E-state index in [9.17, 15) is 4.79 Å². The number of hydrogen-bond donors (Lipinski definition) is 1. The summed E-state index contributed by atoms with van der Waals surface area (Å²) in [5.74, 6) is 0.302. The van der Waals surface area contributed by atoms with Crippen LogP contribution in [0.25, 0.3) is 22.3 Å². The van der Waals surface area contributed by atoms with Gasteiger partial charge in [-0.05, 0) is 30.2 Å². The van der Waals surface area contributed by atoms with Gasteiger partial charge in [-0.1, -0.05) is 66.7 Å². The lowest BCUT2D eigenvalue weighted by atomic mass is 10.1. The minimum absolute atomic E-state index is 0.240.